The molecule has 3 aliphatic carbocycles. The fourth-order valence-electron chi connectivity index (χ4n) is 8.32. The van der Waals surface area contributed by atoms with Gasteiger partial charge in [0.05, 0.1) is 11.6 Å². The van der Waals surface area contributed by atoms with E-state index in [2.05, 4.69) is 11.8 Å². The minimum absolute atomic E-state index is 0.0147. The number of ketones is 2. The lowest BCUT2D eigenvalue weighted by atomic mass is 9.57. The molecule has 1 amide bonds. The Balaban J connectivity index is 1.38. The number of Topliss-reactive ketones (excluding diaryl/α,β-unsaturated/α-hetero) is 2. The molecule has 1 saturated heterocycles. The second-order valence-corrected chi connectivity index (χ2v) is 13.8. The van der Waals surface area contributed by atoms with E-state index in [0.29, 0.717) is 29.5 Å². The summed E-state index contributed by atoms with van der Waals surface area (Å²) in [5.74, 6) is -4.92. The minimum atomic E-state index is -2.69. The Morgan fingerprint density at radius 1 is 1.06 bits per heavy atom. The van der Waals surface area contributed by atoms with Crippen molar-refractivity contribution in [1.82, 2.24) is 9.80 Å². The molecule has 12 heteroatoms. The summed E-state index contributed by atoms with van der Waals surface area (Å²) in [5.41, 5.74) is 4.93. The number of benzene rings is 2. The molecule has 248 valence electrons. The van der Waals surface area contributed by atoms with Crippen molar-refractivity contribution in [3.05, 3.63) is 57.9 Å². The number of primary amides is 1. The number of carbonyl (C=O) groups is 3. The van der Waals surface area contributed by atoms with E-state index >= 15 is 0 Å². The van der Waals surface area contributed by atoms with Crippen molar-refractivity contribution in [2.75, 3.05) is 34.0 Å². The number of aromatic hydroxyl groups is 1. The van der Waals surface area contributed by atoms with Crippen LogP contribution in [-0.2, 0) is 27.3 Å². The van der Waals surface area contributed by atoms with Gasteiger partial charge >= 0.3 is 0 Å². The highest BCUT2D eigenvalue weighted by atomic mass is 16.7. The number of piperidine rings is 1. The summed E-state index contributed by atoms with van der Waals surface area (Å²) in [5, 5.41) is 45.9. The molecule has 2 heterocycles. The van der Waals surface area contributed by atoms with Crippen LogP contribution in [0.2, 0.25) is 0 Å². The number of nitrogens with zero attached hydrogens (tertiary/aromatic N) is 2. The number of hydrogen-bond acceptors (Lipinski definition) is 11. The Morgan fingerprint density at radius 3 is 2.40 bits per heavy atom. The lowest BCUT2D eigenvalue weighted by Gasteiger charge is -2.50. The first-order chi connectivity index (χ1) is 22.3. The van der Waals surface area contributed by atoms with Crippen LogP contribution in [0.5, 0.6) is 17.2 Å². The van der Waals surface area contributed by atoms with Gasteiger partial charge in [-0.25, -0.2) is 0 Å². The molecule has 5 aliphatic rings. The molecule has 47 heavy (non-hydrogen) atoms. The zero-order valence-electron chi connectivity index (χ0n) is 26.6. The molecule has 7 rings (SSSR count). The van der Waals surface area contributed by atoms with Crippen LogP contribution in [0.1, 0.15) is 42.9 Å². The van der Waals surface area contributed by atoms with E-state index in [1.165, 1.54) is 11.0 Å². The second-order valence-electron chi connectivity index (χ2n) is 13.8. The maximum atomic E-state index is 14.2. The topological polar surface area (TPSA) is 183 Å². The van der Waals surface area contributed by atoms with E-state index in [4.69, 9.17) is 15.2 Å². The van der Waals surface area contributed by atoms with Gasteiger partial charge in [0.2, 0.25) is 12.6 Å². The summed E-state index contributed by atoms with van der Waals surface area (Å²) in [6.07, 6.45) is 2.40. The van der Waals surface area contributed by atoms with Gasteiger partial charge in [-0.15, -0.1) is 0 Å². The Hall–Kier alpha value is -4.39. The van der Waals surface area contributed by atoms with Crippen LogP contribution in [-0.4, -0.2) is 93.3 Å². The summed E-state index contributed by atoms with van der Waals surface area (Å²) < 4.78 is 11.5. The first kappa shape index (κ1) is 31.2. The third kappa shape index (κ3) is 4.64. The molecule has 4 atom stereocenters. The number of fused-ring (bicyclic) bond motifs is 4. The fourth-order valence-corrected chi connectivity index (χ4v) is 8.32. The molecule has 2 aliphatic heterocycles. The van der Waals surface area contributed by atoms with Crippen molar-refractivity contribution in [3.63, 3.8) is 0 Å². The number of aliphatic hydroxyl groups excluding tert-OH is 2. The number of likely N-dealkylation sites (tertiary alicyclic amines) is 1. The summed E-state index contributed by atoms with van der Waals surface area (Å²) >= 11 is 0. The van der Waals surface area contributed by atoms with Crippen molar-refractivity contribution in [2.45, 2.75) is 50.8 Å². The molecule has 6 N–H and O–H groups in total. The predicted octanol–water partition coefficient (Wildman–Crippen LogP) is 2.59. The lowest BCUT2D eigenvalue weighted by Crippen LogP contribution is -2.65. The van der Waals surface area contributed by atoms with E-state index < -0.39 is 58.0 Å². The Kier molecular flexibility index (Phi) is 7.38. The van der Waals surface area contributed by atoms with E-state index in [9.17, 15) is 34.8 Å². The van der Waals surface area contributed by atoms with Crippen LogP contribution in [0.4, 0.5) is 0 Å². The van der Waals surface area contributed by atoms with Gasteiger partial charge in [-0.05, 0) is 105 Å². The smallest absolute Gasteiger partial charge is 0.255 e. The predicted molar refractivity (Wildman–Crippen MR) is 169 cm³/mol. The Morgan fingerprint density at radius 2 is 1.74 bits per heavy atom. The monoisotopic (exact) mass is 645 g/mol. The van der Waals surface area contributed by atoms with Crippen molar-refractivity contribution in [1.29, 1.82) is 0 Å². The van der Waals surface area contributed by atoms with E-state index in [0.717, 1.165) is 42.6 Å². The molecule has 0 unspecified atom stereocenters. The number of amides is 1. The number of phenols is 1. The normalized spacial score (nSPS) is 27.6. The Labute approximate surface area is 271 Å². The lowest BCUT2D eigenvalue weighted by molar-refractivity contribution is -0.153. The highest BCUT2D eigenvalue weighted by Crippen LogP contribution is 2.54. The number of rotatable bonds is 5. The molecule has 0 aromatic heterocycles. The molecular weight excluding hydrogens is 606 g/mol. The summed E-state index contributed by atoms with van der Waals surface area (Å²) in [6.45, 7) is 4.91. The van der Waals surface area contributed by atoms with Gasteiger partial charge in [-0.3, -0.25) is 24.2 Å². The molecule has 0 radical (unpaired) electrons. The van der Waals surface area contributed by atoms with Crippen molar-refractivity contribution >= 4 is 23.2 Å². The van der Waals surface area contributed by atoms with Gasteiger partial charge in [0, 0.05) is 18.0 Å². The summed E-state index contributed by atoms with van der Waals surface area (Å²) in [6, 6.07) is 5.98. The maximum Gasteiger partial charge on any atom is 0.255 e. The van der Waals surface area contributed by atoms with Crippen LogP contribution in [0.3, 0.4) is 0 Å². The minimum Gasteiger partial charge on any atom is -0.508 e. The number of carbonyl (C=O) groups excluding carboxylic acids is 3. The largest absolute Gasteiger partial charge is 0.508 e. The first-order valence-corrected chi connectivity index (χ1v) is 16.0. The number of hydrogen-bond donors (Lipinski definition) is 5. The third-order valence-corrected chi connectivity index (χ3v) is 10.8. The van der Waals surface area contributed by atoms with E-state index in [-0.39, 0.29) is 36.5 Å². The summed E-state index contributed by atoms with van der Waals surface area (Å²) in [7, 11) is 3.15. The average Bonchev–Trinajstić information content (AvgIpc) is 3.47. The van der Waals surface area contributed by atoms with Crippen molar-refractivity contribution in [3.8, 4) is 28.4 Å². The van der Waals surface area contributed by atoms with E-state index in [1.807, 2.05) is 12.1 Å². The summed E-state index contributed by atoms with van der Waals surface area (Å²) in [4.78, 5) is 43.8. The standard InChI is InChI=1S/C35H39N3O9/c1-16-6-8-38(9-7-16)14-18-12-24-25(47-15-46-24)13-20(18)19-4-5-23(39)27-21(19)10-17-11-22-29(37(2)3)31(41)28(34(36)44)33(43)35(22,45)32(42)26(17)30(27)40/h4-5,12-13,16-17,22,29,39-40,43,45H,6-11,14-15H2,1-3H3,(H2,36,44)/t17-,22-,29-,35-/m0/s1. The maximum absolute atomic E-state index is 14.2. The van der Waals surface area contributed by atoms with Gasteiger partial charge in [0.25, 0.3) is 5.91 Å². The molecule has 12 nitrogen and oxygen atoms in total. The van der Waals surface area contributed by atoms with Crippen molar-refractivity contribution < 1.29 is 44.3 Å². The van der Waals surface area contributed by atoms with Gasteiger partial charge < -0.3 is 35.6 Å². The molecule has 2 fully saturated rings. The second kappa shape index (κ2) is 11.1. The van der Waals surface area contributed by atoms with E-state index in [1.54, 1.807) is 20.2 Å². The zero-order valence-corrected chi connectivity index (χ0v) is 26.6. The molecule has 0 spiro atoms. The van der Waals surface area contributed by atoms with Gasteiger partial charge in [-0.2, -0.15) is 0 Å². The molecule has 0 bridgehead atoms. The fraction of sp³-hybridized carbons (Fsp3) is 0.457. The quantitative estimate of drug-likeness (QED) is 0.301. The highest BCUT2D eigenvalue weighted by Gasteiger charge is 2.64. The van der Waals surface area contributed by atoms with Crippen LogP contribution < -0.4 is 15.2 Å². The van der Waals surface area contributed by atoms with Crippen LogP contribution >= 0.6 is 0 Å². The highest BCUT2D eigenvalue weighted by molar-refractivity contribution is 6.24. The number of nitrogens with two attached hydrogens (primary N) is 1. The number of likely N-dealkylation sites (N-methyl/N-ethyl adjacent to an activating group) is 1. The van der Waals surface area contributed by atoms with Gasteiger partial charge in [0.15, 0.2) is 22.9 Å². The number of phenolic OH excluding ortho intramolecular Hbond substituents is 1. The number of ether oxygens (including phenoxy) is 2. The van der Waals surface area contributed by atoms with Crippen LogP contribution in [0.15, 0.2) is 41.2 Å². The van der Waals surface area contributed by atoms with Gasteiger partial charge in [0.1, 0.15) is 22.8 Å². The SMILES string of the molecule is CC1CCN(Cc2cc3c(cc2-c2ccc(O)c4c2C[C@H]2C[C@H]5[C@H](N(C)C)C(=O)C(C(N)=O)=C(O)[C@@]5(O)C(=O)C2=C4O)OCO3)CC1. The first-order valence-electron chi connectivity index (χ1n) is 16.0. The van der Waals surface area contributed by atoms with Gasteiger partial charge in [-0.1, -0.05) is 13.0 Å². The molecule has 2 aromatic rings. The van der Waals surface area contributed by atoms with Crippen LogP contribution in [0.25, 0.3) is 16.9 Å². The third-order valence-electron chi connectivity index (χ3n) is 10.8. The molecular formula is C35H39N3O9. The Bertz CT molecular complexity index is 1790. The average molecular weight is 646 g/mol. The molecule has 2 aromatic carbocycles. The molecule has 1 saturated carbocycles. The van der Waals surface area contributed by atoms with Crippen LogP contribution in [0, 0.1) is 17.8 Å². The number of aliphatic hydroxyl groups is 3. The zero-order chi connectivity index (χ0) is 33.5. The van der Waals surface area contributed by atoms with Crippen molar-refractivity contribution in [2.24, 2.45) is 23.5 Å².